The van der Waals surface area contributed by atoms with E-state index in [1.54, 1.807) is 0 Å². The van der Waals surface area contributed by atoms with Gasteiger partial charge in [0.15, 0.2) is 0 Å². The highest BCUT2D eigenvalue weighted by molar-refractivity contribution is 7.10. The minimum absolute atomic E-state index is 0.641. The lowest BCUT2D eigenvalue weighted by atomic mass is 9.99. The molecule has 2 atom stereocenters. The molecule has 0 spiro atoms. The van der Waals surface area contributed by atoms with Crippen molar-refractivity contribution in [3.8, 4) is 0 Å². The van der Waals surface area contributed by atoms with Gasteiger partial charge in [-0.1, -0.05) is 6.07 Å². The van der Waals surface area contributed by atoms with Crippen LogP contribution in [0, 0.1) is 5.92 Å². The molecule has 3 heteroatoms. The summed E-state index contributed by atoms with van der Waals surface area (Å²) < 4.78 is 0. The van der Waals surface area contributed by atoms with Crippen LogP contribution in [0.3, 0.4) is 0 Å². The van der Waals surface area contributed by atoms with Crippen molar-refractivity contribution < 1.29 is 0 Å². The van der Waals surface area contributed by atoms with Crippen molar-refractivity contribution in [2.24, 2.45) is 5.92 Å². The highest BCUT2D eigenvalue weighted by Crippen LogP contribution is 2.37. The number of hydrogen-bond donors (Lipinski definition) is 1. The van der Waals surface area contributed by atoms with Gasteiger partial charge in [0.1, 0.15) is 0 Å². The predicted molar refractivity (Wildman–Crippen MR) is 61.7 cm³/mol. The maximum atomic E-state index is 3.30. The van der Waals surface area contributed by atoms with Gasteiger partial charge in [0.25, 0.3) is 0 Å². The minimum Gasteiger partial charge on any atom is -0.319 e. The lowest BCUT2D eigenvalue weighted by Gasteiger charge is -2.23. The van der Waals surface area contributed by atoms with Crippen molar-refractivity contribution in [2.75, 3.05) is 27.2 Å². The number of nitrogens with one attached hydrogen (secondary N) is 1. The third-order valence-corrected chi connectivity index (χ3v) is 4.02. The van der Waals surface area contributed by atoms with Crippen molar-refractivity contribution in [1.82, 2.24) is 10.2 Å². The summed E-state index contributed by atoms with van der Waals surface area (Å²) in [6.07, 6.45) is 1.32. The van der Waals surface area contributed by atoms with E-state index in [2.05, 4.69) is 34.8 Å². The summed E-state index contributed by atoms with van der Waals surface area (Å²) in [5.41, 5.74) is 0. The second-order valence-corrected chi connectivity index (χ2v) is 5.03. The Balaban J connectivity index is 2.13. The normalized spacial score (nSPS) is 28.4. The van der Waals surface area contributed by atoms with Gasteiger partial charge in [-0.25, -0.2) is 0 Å². The molecule has 78 valence electrons. The molecule has 2 rings (SSSR count). The Morgan fingerprint density at radius 2 is 2.50 bits per heavy atom. The third kappa shape index (κ3) is 1.85. The van der Waals surface area contributed by atoms with Crippen molar-refractivity contribution in [2.45, 2.75) is 12.5 Å². The summed E-state index contributed by atoms with van der Waals surface area (Å²) in [7, 11) is 4.28. The summed E-state index contributed by atoms with van der Waals surface area (Å²) in [6.45, 7) is 2.36. The second-order valence-electron chi connectivity index (χ2n) is 4.05. The van der Waals surface area contributed by atoms with E-state index in [1.165, 1.54) is 17.8 Å². The highest BCUT2D eigenvalue weighted by Gasteiger charge is 2.32. The fourth-order valence-corrected chi connectivity index (χ4v) is 3.39. The van der Waals surface area contributed by atoms with E-state index in [4.69, 9.17) is 0 Å². The molecule has 0 saturated carbocycles. The number of thiophene rings is 1. The smallest absolute Gasteiger partial charge is 0.0479 e. The van der Waals surface area contributed by atoms with Crippen LogP contribution in [0.1, 0.15) is 17.3 Å². The Morgan fingerprint density at radius 1 is 1.64 bits per heavy atom. The average molecular weight is 210 g/mol. The Hall–Kier alpha value is -0.380. The molecule has 1 saturated heterocycles. The van der Waals surface area contributed by atoms with Gasteiger partial charge in [-0.05, 0) is 51.0 Å². The molecule has 1 N–H and O–H groups in total. The van der Waals surface area contributed by atoms with E-state index >= 15 is 0 Å². The van der Waals surface area contributed by atoms with Gasteiger partial charge in [-0.15, -0.1) is 11.3 Å². The Kier molecular flexibility index (Phi) is 3.21. The summed E-state index contributed by atoms with van der Waals surface area (Å²) in [5.74, 6) is 0.781. The van der Waals surface area contributed by atoms with Gasteiger partial charge in [-0.2, -0.15) is 0 Å². The number of likely N-dealkylation sites (tertiary alicyclic amines) is 1. The number of nitrogens with zero attached hydrogens (tertiary/aromatic N) is 1. The van der Waals surface area contributed by atoms with E-state index in [0.717, 1.165) is 12.5 Å². The van der Waals surface area contributed by atoms with Crippen molar-refractivity contribution >= 4 is 11.3 Å². The summed E-state index contributed by atoms with van der Waals surface area (Å²) in [5, 5.41) is 5.48. The minimum atomic E-state index is 0.641. The van der Waals surface area contributed by atoms with Crippen LogP contribution in [0.4, 0.5) is 0 Å². The van der Waals surface area contributed by atoms with E-state index in [-0.39, 0.29) is 0 Å². The monoisotopic (exact) mass is 210 g/mol. The molecule has 1 aromatic rings. The SMILES string of the molecule is CNCC1CCN(C)C1c1cccs1. The molecule has 0 aromatic carbocycles. The van der Waals surface area contributed by atoms with Crippen LogP contribution >= 0.6 is 11.3 Å². The Labute approximate surface area is 89.9 Å². The zero-order chi connectivity index (χ0) is 9.97. The standard InChI is InChI=1S/C11H18N2S/c1-12-8-9-5-6-13(2)11(9)10-4-3-7-14-10/h3-4,7,9,11-12H,5-6,8H2,1-2H3. The van der Waals surface area contributed by atoms with E-state index in [1.807, 2.05) is 18.4 Å². The fourth-order valence-electron chi connectivity index (χ4n) is 2.41. The molecular weight excluding hydrogens is 192 g/mol. The maximum Gasteiger partial charge on any atom is 0.0479 e. The summed E-state index contributed by atoms with van der Waals surface area (Å²) in [6, 6.07) is 5.06. The summed E-state index contributed by atoms with van der Waals surface area (Å²) in [4.78, 5) is 4.00. The molecule has 2 unspecified atom stereocenters. The molecule has 0 bridgehead atoms. The topological polar surface area (TPSA) is 15.3 Å². The van der Waals surface area contributed by atoms with Gasteiger partial charge in [0.2, 0.25) is 0 Å². The molecule has 1 aliphatic rings. The van der Waals surface area contributed by atoms with Crippen LogP contribution < -0.4 is 5.32 Å². The molecule has 1 fully saturated rings. The van der Waals surface area contributed by atoms with Crippen LogP contribution in [-0.4, -0.2) is 32.1 Å². The molecular formula is C11H18N2S. The molecule has 2 heterocycles. The summed E-state index contributed by atoms with van der Waals surface area (Å²) >= 11 is 1.88. The molecule has 2 nitrogen and oxygen atoms in total. The van der Waals surface area contributed by atoms with E-state index < -0.39 is 0 Å². The van der Waals surface area contributed by atoms with Crippen LogP contribution in [0.2, 0.25) is 0 Å². The van der Waals surface area contributed by atoms with E-state index in [0.29, 0.717) is 6.04 Å². The first-order valence-electron chi connectivity index (χ1n) is 5.21. The zero-order valence-electron chi connectivity index (χ0n) is 8.86. The molecule has 1 aliphatic heterocycles. The van der Waals surface area contributed by atoms with Gasteiger partial charge >= 0.3 is 0 Å². The van der Waals surface area contributed by atoms with Crippen LogP contribution in [0.15, 0.2) is 17.5 Å². The zero-order valence-corrected chi connectivity index (χ0v) is 9.68. The van der Waals surface area contributed by atoms with Crippen molar-refractivity contribution in [1.29, 1.82) is 0 Å². The van der Waals surface area contributed by atoms with Gasteiger partial charge in [0.05, 0.1) is 0 Å². The third-order valence-electron chi connectivity index (χ3n) is 3.07. The first kappa shape index (κ1) is 10.1. The first-order chi connectivity index (χ1) is 6.83. The molecule has 1 aromatic heterocycles. The van der Waals surface area contributed by atoms with Gasteiger partial charge in [-0.3, -0.25) is 4.90 Å². The van der Waals surface area contributed by atoms with Gasteiger partial charge in [0, 0.05) is 10.9 Å². The molecule has 0 amide bonds. The van der Waals surface area contributed by atoms with E-state index in [9.17, 15) is 0 Å². The van der Waals surface area contributed by atoms with Gasteiger partial charge < -0.3 is 5.32 Å². The van der Waals surface area contributed by atoms with Crippen LogP contribution in [-0.2, 0) is 0 Å². The van der Waals surface area contributed by atoms with Crippen LogP contribution in [0.5, 0.6) is 0 Å². The first-order valence-corrected chi connectivity index (χ1v) is 6.09. The predicted octanol–water partition coefficient (Wildman–Crippen LogP) is 1.96. The molecule has 0 aliphatic carbocycles. The largest absolute Gasteiger partial charge is 0.319 e. The average Bonchev–Trinajstić information content (AvgIpc) is 2.76. The highest BCUT2D eigenvalue weighted by atomic mass is 32.1. The van der Waals surface area contributed by atoms with Crippen molar-refractivity contribution in [3.63, 3.8) is 0 Å². The molecule has 0 radical (unpaired) electrons. The second kappa shape index (κ2) is 4.43. The lowest BCUT2D eigenvalue weighted by Crippen LogP contribution is -2.26. The maximum absolute atomic E-state index is 3.30. The lowest BCUT2D eigenvalue weighted by molar-refractivity contribution is 0.278. The van der Waals surface area contributed by atoms with Crippen LogP contribution in [0.25, 0.3) is 0 Å². The quantitative estimate of drug-likeness (QED) is 0.820. The Morgan fingerprint density at radius 3 is 3.14 bits per heavy atom. The number of hydrogen-bond acceptors (Lipinski definition) is 3. The Bertz CT molecular complexity index is 269. The number of rotatable bonds is 3. The van der Waals surface area contributed by atoms with Crippen molar-refractivity contribution in [3.05, 3.63) is 22.4 Å². The molecule has 14 heavy (non-hydrogen) atoms. The fraction of sp³-hybridized carbons (Fsp3) is 0.636.